The van der Waals surface area contributed by atoms with E-state index in [1.165, 1.54) is 70.6 Å². The Bertz CT molecular complexity index is 336. The minimum atomic E-state index is 0.390. The van der Waals surface area contributed by atoms with Crippen LogP contribution in [0.1, 0.15) is 77.6 Å². The summed E-state index contributed by atoms with van der Waals surface area (Å²) in [7, 11) is 0. The van der Waals surface area contributed by atoms with Gasteiger partial charge in [0.2, 0.25) is 0 Å². The standard InChI is InChI=1S/C21H36O/c1-2-3-4-5-6-18-7-9-19(10-8-18)11-12-20-13-15-21(17-22)16-14-20/h7,9,11-12,18-22H,2-6,8,10,13-17H2,1H3/b12-11+. The summed E-state index contributed by atoms with van der Waals surface area (Å²) in [4.78, 5) is 0. The van der Waals surface area contributed by atoms with Crippen LogP contribution in [-0.2, 0) is 0 Å². The van der Waals surface area contributed by atoms with Crippen molar-refractivity contribution in [2.75, 3.05) is 6.61 Å². The molecular formula is C21H36O. The Hall–Kier alpha value is -0.560. The summed E-state index contributed by atoms with van der Waals surface area (Å²) >= 11 is 0. The lowest BCUT2D eigenvalue weighted by atomic mass is 9.81. The second-order valence-electron chi connectivity index (χ2n) is 7.58. The van der Waals surface area contributed by atoms with Crippen LogP contribution >= 0.6 is 0 Å². The summed E-state index contributed by atoms with van der Waals surface area (Å²) in [6.45, 7) is 2.68. The molecule has 1 N–H and O–H groups in total. The summed E-state index contributed by atoms with van der Waals surface area (Å²) in [6.07, 6.45) is 24.6. The highest BCUT2D eigenvalue weighted by Crippen LogP contribution is 2.31. The zero-order valence-electron chi connectivity index (χ0n) is 14.6. The summed E-state index contributed by atoms with van der Waals surface area (Å²) in [5.74, 6) is 2.87. The first-order valence-electron chi connectivity index (χ1n) is 9.79. The van der Waals surface area contributed by atoms with E-state index in [9.17, 15) is 5.11 Å². The lowest BCUT2D eigenvalue weighted by Gasteiger charge is -2.26. The molecule has 0 radical (unpaired) electrons. The number of hydrogen-bond acceptors (Lipinski definition) is 1. The first-order chi connectivity index (χ1) is 10.8. The van der Waals surface area contributed by atoms with E-state index in [-0.39, 0.29) is 0 Å². The molecule has 0 amide bonds. The van der Waals surface area contributed by atoms with E-state index in [1.54, 1.807) is 0 Å². The van der Waals surface area contributed by atoms with Crippen molar-refractivity contribution in [1.82, 2.24) is 0 Å². The van der Waals surface area contributed by atoms with Crippen molar-refractivity contribution >= 4 is 0 Å². The third-order valence-corrected chi connectivity index (χ3v) is 5.71. The molecular weight excluding hydrogens is 268 g/mol. The fourth-order valence-electron chi connectivity index (χ4n) is 4.00. The van der Waals surface area contributed by atoms with Gasteiger partial charge in [-0.2, -0.15) is 0 Å². The van der Waals surface area contributed by atoms with E-state index in [0.29, 0.717) is 18.4 Å². The fourth-order valence-corrected chi connectivity index (χ4v) is 4.00. The Labute approximate surface area is 137 Å². The van der Waals surface area contributed by atoms with Gasteiger partial charge in [0.15, 0.2) is 0 Å². The van der Waals surface area contributed by atoms with Crippen molar-refractivity contribution < 1.29 is 5.11 Å². The van der Waals surface area contributed by atoms with E-state index in [2.05, 4.69) is 31.2 Å². The van der Waals surface area contributed by atoms with Gasteiger partial charge < -0.3 is 5.11 Å². The molecule has 0 saturated heterocycles. The van der Waals surface area contributed by atoms with Crippen LogP contribution in [0.4, 0.5) is 0 Å². The Morgan fingerprint density at radius 1 is 0.909 bits per heavy atom. The molecule has 2 rings (SSSR count). The van der Waals surface area contributed by atoms with Crippen molar-refractivity contribution in [3.8, 4) is 0 Å². The first-order valence-corrected chi connectivity index (χ1v) is 9.79. The predicted molar refractivity (Wildman–Crippen MR) is 95.8 cm³/mol. The second-order valence-corrected chi connectivity index (χ2v) is 7.58. The molecule has 0 bridgehead atoms. The molecule has 0 aromatic carbocycles. The molecule has 0 spiro atoms. The molecule has 2 atom stereocenters. The van der Waals surface area contributed by atoms with Gasteiger partial charge in [-0.3, -0.25) is 0 Å². The Morgan fingerprint density at radius 2 is 1.73 bits per heavy atom. The molecule has 2 unspecified atom stereocenters. The second kappa shape index (κ2) is 10.3. The van der Waals surface area contributed by atoms with Crippen molar-refractivity contribution in [3.05, 3.63) is 24.3 Å². The molecule has 1 saturated carbocycles. The zero-order valence-corrected chi connectivity index (χ0v) is 14.6. The Morgan fingerprint density at radius 3 is 2.36 bits per heavy atom. The van der Waals surface area contributed by atoms with Crippen LogP contribution in [0.3, 0.4) is 0 Å². The van der Waals surface area contributed by atoms with Crippen LogP contribution in [0.5, 0.6) is 0 Å². The van der Waals surface area contributed by atoms with Crippen molar-refractivity contribution in [3.63, 3.8) is 0 Å². The molecule has 1 nitrogen and oxygen atoms in total. The average Bonchev–Trinajstić information content (AvgIpc) is 2.58. The average molecular weight is 305 g/mol. The maximum atomic E-state index is 9.20. The SMILES string of the molecule is CCCCCCC1C=CC(/C=C/C2CCC(CO)CC2)CC1. The largest absolute Gasteiger partial charge is 0.396 e. The van der Waals surface area contributed by atoms with Gasteiger partial charge in [0.1, 0.15) is 0 Å². The van der Waals surface area contributed by atoms with Gasteiger partial charge in [-0.05, 0) is 68.6 Å². The van der Waals surface area contributed by atoms with Crippen molar-refractivity contribution in [1.29, 1.82) is 0 Å². The van der Waals surface area contributed by atoms with E-state index in [4.69, 9.17) is 0 Å². The highest BCUT2D eigenvalue weighted by Gasteiger charge is 2.19. The molecule has 1 heteroatoms. The van der Waals surface area contributed by atoms with Crippen LogP contribution in [0.25, 0.3) is 0 Å². The maximum absolute atomic E-state index is 9.20. The van der Waals surface area contributed by atoms with Gasteiger partial charge >= 0.3 is 0 Å². The smallest absolute Gasteiger partial charge is 0.0459 e. The first kappa shape index (κ1) is 17.8. The predicted octanol–water partition coefficient (Wildman–Crippen LogP) is 5.89. The highest BCUT2D eigenvalue weighted by molar-refractivity contribution is 5.07. The Kier molecular flexibility index (Phi) is 8.30. The number of allylic oxidation sites excluding steroid dienone is 4. The van der Waals surface area contributed by atoms with Gasteiger partial charge in [-0.1, -0.05) is 56.9 Å². The summed E-state index contributed by atoms with van der Waals surface area (Å²) < 4.78 is 0. The third kappa shape index (κ3) is 6.28. The Balaban J connectivity index is 1.64. The molecule has 1 fully saturated rings. The van der Waals surface area contributed by atoms with E-state index < -0.39 is 0 Å². The van der Waals surface area contributed by atoms with Crippen molar-refractivity contribution in [2.24, 2.45) is 23.7 Å². The van der Waals surface area contributed by atoms with Crippen LogP contribution in [0, 0.1) is 23.7 Å². The van der Waals surface area contributed by atoms with Crippen LogP contribution < -0.4 is 0 Å². The molecule has 126 valence electrons. The molecule has 0 heterocycles. The van der Waals surface area contributed by atoms with Crippen molar-refractivity contribution in [2.45, 2.75) is 77.6 Å². The quantitative estimate of drug-likeness (QED) is 0.437. The lowest BCUT2D eigenvalue weighted by molar-refractivity contribution is 0.177. The van der Waals surface area contributed by atoms with Gasteiger partial charge in [0, 0.05) is 6.61 Å². The van der Waals surface area contributed by atoms with Gasteiger partial charge in [-0.15, -0.1) is 0 Å². The molecule has 2 aliphatic rings. The zero-order chi connectivity index (χ0) is 15.6. The van der Waals surface area contributed by atoms with E-state index >= 15 is 0 Å². The summed E-state index contributed by atoms with van der Waals surface area (Å²) in [6, 6.07) is 0. The topological polar surface area (TPSA) is 20.2 Å². The monoisotopic (exact) mass is 304 g/mol. The molecule has 22 heavy (non-hydrogen) atoms. The van der Waals surface area contributed by atoms with Crippen LogP contribution in [0.15, 0.2) is 24.3 Å². The molecule has 0 aromatic heterocycles. The molecule has 2 aliphatic carbocycles. The highest BCUT2D eigenvalue weighted by atomic mass is 16.3. The number of hydrogen-bond donors (Lipinski definition) is 1. The van der Waals surface area contributed by atoms with Gasteiger partial charge in [-0.25, -0.2) is 0 Å². The molecule has 0 aliphatic heterocycles. The van der Waals surface area contributed by atoms with Gasteiger partial charge in [0.25, 0.3) is 0 Å². The van der Waals surface area contributed by atoms with E-state index in [1.807, 2.05) is 0 Å². The van der Waals surface area contributed by atoms with Gasteiger partial charge in [0.05, 0.1) is 0 Å². The third-order valence-electron chi connectivity index (χ3n) is 5.71. The maximum Gasteiger partial charge on any atom is 0.0459 e. The van der Waals surface area contributed by atoms with E-state index in [0.717, 1.165) is 11.8 Å². The normalized spacial score (nSPS) is 32.6. The number of aliphatic hydroxyl groups is 1. The number of unbranched alkanes of at least 4 members (excludes halogenated alkanes) is 3. The lowest BCUT2D eigenvalue weighted by Crippen LogP contribution is -2.16. The number of aliphatic hydroxyl groups excluding tert-OH is 1. The molecule has 0 aromatic rings. The van der Waals surface area contributed by atoms with Crippen LogP contribution in [0.2, 0.25) is 0 Å². The minimum Gasteiger partial charge on any atom is -0.396 e. The number of rotatable bonds is 8. The summed E-state index contributed by atoms with van der Waals surface area (Å²) in [5, 5.41) is 9.20. The fraction of sp³-hybridized carbons (Fsp3) is 0.810. The van der Waals surface area contributed by atoms with Crippen LogP contribution in [-0.4, -0.2) is 11.7 Å². The minimum absolute atomic E-state index is 0.390. The summed E-state index contributed by atoms with van der Waals surface area (Å²) in [5.41, 5.74) is 0.